The average molecular weight is 263 g/mol. The van der Waals surface area contributed by atoms with Crippen LogP contribution in [0.5, 0.6) is 5.75 Å². The minimum Gasteiger partial charge on any atom is -0.496 e. The Balaban J connectivity index is 1.99. The lowest BCUT2D eigenvalue weighted by Gasteiger charge is -2.18. The lowest BCUT2D eigenvalue weighted by atomic mass is 9.95. The van der Waals surface area contributed by atoms with E-state index in [0.29, 0.717) is 5.92 Å². The SMILES string of the molecule is COc1c(C)cnc(CCC(O)C2CCCC2)c1C. The molecule has 0 amide bonds. The Bertz CT molecular complexity index is 425. The standard InChI is InChI=1S/C16H25NO2/c1-11-10-17-14(12(2)16(11)19-3)8-9-15(18)13-6-4-5-7-13/h10,13,15,18H,4-9H2,1-3H3. The molecule has 1 unspecified atom stereocenters. The van der Waals surface area contributed by atoms with E-state index in [1.807, 2.05) is 13.1 Å². The number of aliphatic hydroxyl groups is 1. The molecule has 3 nitrogen and oxygen atoms in total. The molecule has 1 aliphatic carbocycles. The normalized spacial score (nSPS) is 17.7. The van der Waals surface area contributed by atoms with Crippen LogP contribution in [-0.2, 0) is 6.42 Å². The van der Waals surface area contributed by atoms with Crippen LogP contribution < -0.4 is 4.74 Å². The highest BCUT2D eigenvalue weighted by Gasteiger charge is 2.23. The third-order valence-corrected chi connectivity index (χ3v) is 4.37. The lowest BCUT2D eigenvalue weighted by Crippen LogP contribution is -2.18. The van der Waals surface area contributed by atoms with Gasteiger partial charge in [-0.15, -0.1) is 0 Å². The maximum atomic E-state index is 10.2. The van der Waals surface area contributed by atoms with Crippen LogP contribution in [-0.4, -0.2) is 23.3 Å². The van der Waals surface area contributed by atoms with Gasteiger partial charge in [0.1, 0.15) is 5.75 Å². The summed E-state index contributed by atoms with van der Waals surface area (Å²) in [6, 6.07) is 0. The summed E-state index contributed by atoms with van der Waals surface area (Å²) in [6.45, 7) is 4.06. The maximum Gasteiger partial charge on any atom is 0.128 e. The van der Waals surface area contributed by atoms with E-state index in [2.05, 4.69) is 11.9 Å². The van der Waals surface area contributed by atoms with Crippen molar-refractivity contribution in [1.29, 1.82) is 0 Å². The largest absolute Gasteiger partial charge is 0.496 e. The molecule has 0 aliphatic heterocycles. The molecule has 1 aromatic rings. The number of hydrogen-bond donors (Lipinski definition) is 1. The van der Waals surface area contributed by atoms with Gasteiger partial charge in [0.2, 0.25) is 0 Å². The van der Waals surface area contributed by atoms with Crippen LogP contribution in [0.25, 0.3) is 0 Å². The van der Waals surface area contributed by atoms with E-state index in [4.69, 9.17) is 4.74 Å². The summed E-state index contributed by atoms with van der Waals surface area (Å²) < 4.78 is 5.42. The van der Waals surface area contributed by atoms with Crippen LogP contribution in [0.15, 0.2) is 6.20 Å². The number of hydrogen-bond acceptors (Lipinski definition) is 3. The first-order chi connectivity index (χ1) is 9.13. The molecule has 19 heavy (non-hydrogen) atoms. The molecular weight excluding hydrogens is 238 g/mol. The molecule has 1 heterocycles. The van der Waals surface area contributed by atoms with Crippen molar-refractivity contribution in [1.82, 2.24) is 4.98 Å². The molecular formula is C16H25NO2. The Hall–Kier alpha value is -1.09. The summed E-state index contributed by atoms with van der Waals surface area (Å²) in [6.07, 6.45) is 8.26. The fourth-order valence-corrected chi connectivity index (χ4v) is 3.19. The topological polar surface area (TPSA) is 42.4 Å². The van der Waals surface area contributed by atoms with Crippen molar-refractivity contribution in [2.24, 2.45) is 5.92 Å². The predicted molar refractivity (Wildman–Crippen MR) is 76.5 cm³/mol. The van der Waals surface area contributed by atoms with E-state index in [1.54, 1.807) is 7.11 Å². The number of aryl methyl sites for hydroxylation is 2. The molecule has 1 saturated carbocycles. The summed E-state index contributed by atoms with van der Waals surface area (Å²) in [5.74, 6) is 1.44. The first-order valence-corrected chi connectivity index (χ1v) is 7.30. The zero-order chi connectivity index (χ0) is 13.8. The summed E-state index contributed by atoms with van der Waals surface area (Å²) in [5, 5.41) is 10.2. The third-order valence-electron chi connectivity index (χ3n) is 4.37. The molecule has 0 aromatic carbocycles. The smallest absolute Gasteiger partial charge is 0.128 e. The van der Waals surface area contributed by atoms with E-state index in [-0.39, 0.29) is 6.10 Å². The van der Waals surface area contributed by atoms with Crippen LogP contribution in [0.3, 0.4) is 0 Å². The van der Waals surface area contributed by atoms with Crippen molar-refractivity contribution in [2.45, 2.75) is 58.5 Å². The van der Waals surface area contributed by atoms with E-state index in [1.165, 1.54) is 25.7 Å². The molecule has 1 aromatic heterocycles. The molecule has 2 rings (SSSR count). The summed E-state index contributed by atoms with van der Waals surface area (Å²) in [5.41, 5.74) is 3.24. The minimum atomic E-state index is -0.170. The van der Waals surface area contributed by atoms with Gasteiger partial charge >= 0.3 is 0 Å². The Morgan fingerprint density at radius 1 is 1.37 bits per heavy atom. The van der Waals surface area contributed by atoms with Crippen molar-refractivity contribution in [2.75, 3.05) is 7.11 Å². The second-order valence-corrected chi connectivity index (χ2v) is 5.70. The molecule has 0 spiro atoms. The maximum absolute atomic E-state index is 10.2. The van der Waals surface area contributed by atoms with Gasteiger partial charge in [0.05, 0.1) is 13.2 Å². The van der Waals surface area contributed by atoms with Gasteiger partial charge in [0, 0.05) is 23.0 Å². The second-order valence-electron chi connectivity index (χ2n) is 5.70. The molecule has 3 heteroatoms. The molecule has 0 bridgehead atoms. The van der Waals surface area contributed by atoms with Crippen molar-refractivity contribution in [3.05, 3.63) is 23.0 Å². The number of aromatic nitrogens is 1. The molecule has 1 fully saturated rings. The highest BCUT2D eigenvalue weighted by molar-refractivity contribution is 5.41. The Kier molecular flexibility index (Phi) is 4.81. The third kappa shape index (κ3) is 3.27. The first kappa shape index (κ1) is 14.3. The Morgan fingerprint density at radius 3 is 2.68 bits per heavy atom. The summed E-state index contributed by atoms with van der Waals surface area (Å²) in [4.78, 5) is 4.49. The summed E-state index contributed by atoms with van der Waals surface area (Å²) >= 11 is 0. The van der Waals surface area contributed by atoms with Crippen molar-refractivity contribution >= 4 is 0 Å². The molecule has 106 valence electrons. The van der Waals surface area contributed by atoms with Gasteiger partial charge in [-0.05, 0) is 45.4 Å². The highest BCUT2D eigenvalue weighted by Crippen LogP contribution is 2.30. The van der Waals surface area contributed by atoms with Crippen molar-refractivity contribution in [3.8, 4) is 5.75 Å². The lowest BCUT2D eigenvalue weighted by molar-refractivity contribution is 0.102. The van der Waals surface area contributed by atoms with Crippen molar-refractivity contribution < 1.29 is 9.84 Å². The van der Waals surface area contributed by atoms with Gasteiger partial charge < -0.3 is 9.84 Å². The van der Waals surface area contributed by atoms with Crippen LogP contribution in [0, 0.1) is 19.8 Å². The Morgan fingerprint density at radius 2 is 2.05 bits per heavy atom. The predicted octanol–water partition coefficient (Wildman–Crippen LogP) is 3.19. The molecule has 1 N–H and O–H groups in total. The summed E-state index contributed by atoms with van der Waals surface area (Å²) in [7, 11) is 1.70. The van der Waals surface area contributed by atoms with Gasteiger partial charge in [-0.25, -0.2) is 0 Å². The van der Waals surface area contributed by atoms with Crippen molar-refractivity contribution in [3.63, 3.8) is 0 Å². The van der Waals surface area contributed by atoms with Crippen LogP contribution in [0.1, 0.15) is 48.9 Å². The number of methoxy groups -OCH3 is 1. The quantitative estimate of drug-likeness (QED) is 0.887. The molecule has 1 atom stereocenters. The molecule has 1 aliphatic rings. The number of aliphatic hydroxyl groups excluding tert-OH is 1. The zero-order valence-corrected chi connectivity index (χ0v) is 12.3. The fourth-order valence-electron chi connectivity index (χ4n) is 3.19. The number of nitrogens with zero attached hydrogens (tertiary/aromatic N) is 1. The van der Waals surface area contributed by atoms with Gasteiger partial charge in [0.15, 0.2) is 0 Å². The highest BCUT2D eigenvalue weighted by atomic mass is 16.5. The van der Waals surface area contributed by atoms with E-state index < -0.39 is 0 Å². The van der Waals surface area contributed by atoms with Crippen LogP contribution >= 0.6 is 0 Å². The van der Waals surface area contributed by atoms with E-state index >= 15 is 0 Å². The number of rotatable bonds is 5. The molecule has 0 radical (unpaired) electrons. The fraction of sp³-hybridized carbons (Fsp3) is 0.688. The minimum absolute atomic E-state index is 0.170. The number of pyridine rings is 1. The van der Waals surface area contributed by atoms with Gasteiger partial charge in [0.25, 0.3) is 0 Å². The molecule has 0 saturated heterocycles. The van der Waals surface area contributed by atoms with Gasteiger partial charge in [-0.3, -0.25) is 4.98 Å². The monoisotopic (exact) mass is 263 g/mol. The second kappa shape index (κ2) is 6.38. The number of ether oxygens (including phenoxy) is 1. The van der Waals surface area contributed by atoms with E-state index in [0.717, 1.165) is 35.4 Å². The van der Waals surface area contributed by atoms with Crippen LogP contribution in [0.4, 0.5) is 0 Å². The van der Waals surface area contributed by atoms with E-state index in [9.17, 15) is 5.11 Å². The first-order valence-electron chi connectivity index (χ1n) is 7.30. The average Bonchev–Trinajstić information content (AvgIpc) is 2.92. The zero-order valence-electron chi connectivity index (χ0n) is 12.3. The van der Waals surface area contributed by atoms with Crippen LogP contribution in [0.2, 0.25) is 0 Å². The van der Waals surface area contributed by atoms with Gasteiger partial charge in [-0.2, -0.15) is 0 Å². The Labute approximate surface area is 116 Å². The van der Waals surface area contributed by atoms with Gasteiger partial charge in [-0.1, -0.05) is 12.8 Å².